The second-order valence-corrected chi connectivity index (χ2v) is 6.25. The lowest BCUT2D eigenvalue weighted by atomic mass is 10.2. The monoisotopic (exact) mass is 374 g/mol. The Hall–Kier alpha value is -3.81. The Morgan fingerprint density at radius 2 is 1.89 bits per heavy atom. The first-order chi connectivity index (χ1) is 13.6. The highest BCUT2D eigenvalue weighted by atomic mass is 16.2. The van der Waals surface area contributed by atoms with Gasteiger partial charge in [-0.2, -0.15) is 0 Å². The smallest absolute Gasteiger partial charge is 0.346 e. The van der Waals surface area contributed by atoms with Crippen LogP contribution in [0.2, 0.25) is 0 Å². The molecule has 0 fully saturated rings. The van der Waals surface area contributed by atoms with Crippen LogP contribution in [0.25, 0.3) is 22.4 Å². The number of hydrogen-bond acceptors (Lipinski definition) is 5. The first-order valence-electron chi connectivity index (χ1n) is 8.83. The standard InChI is InChI=1S/C20H18N6O2/c1-25-18(16-8-4-5-11-21-16)24-26(20(25)28)13-12-22-19(27)17-10-9-14-6-2-3-7-15(14)23-17/h2-11H,12-13H2,1H3,(H,22,27). The van der Waals surface area contributed by atoms with E-state index in [1.807, 2.05) is 36.4 Å². The molecule has 0 saturated heterocycles. The average Bonchev–Trinajstić information content (AvgIpc) is 3.02. The molecule has 4 aromatic rings. The van der Waals surface area contributed by atoms with Crippen LogP contribution in [0.4, 0.5) is 0 Å². The lowest BCUT2D eigenvalue weighted by molar-refractivity contribution is 0.0947. The van der Waals surface area contributed by atoms with Gasteiger partial charge in [0.2, 0.25) is 0 Å². The zero-order chi connectivity index (χ0) is 19.5. The van der Waals surface area contributed by atoms with Crippen molar-refractivity contribution in [3.63, 3.8) is 0 Å². The van der Waals surface area contributed by atoms with Crippen molar-refractivity contribution in [3.8, 4) is 11.5 Å². The Morgan fingerprint density at radius 3 is 2.71 bits per heavy atom. The number of carbonyl (C=O) groups is 1. The van der Waals surface area contributed by atoms with Crippen molar-refractivity contribution in [1.29, 1.82) is 0 Å². The summed E-state index contributed by atoms with van der Waals surface area (Å²) in [6.45, 7) is 0.505. The fourth-order valence-electron chi connectivity index (χ4n) is 2.91. The van der Waals surface area contributed by atoms with E-state index in [9.17, 15) is 9.59 Å². The molecule has 28 heavy (non-hydrogen) atoms. The van der Waals surface area contributed by atoms with Gasteiger partial charge in [0.15, 0.2) is 5.82 Å². The molecule has 3 aromatic heterocycles. The summed E-state index contributed by atoms with van der Waals surface area (Å²) < 4.78 is 2.76. The van der Waals surface area contributed by atoms with Gasteiger partial charge in [0.05, 0.1) is 12.1 Å². The highest BCUT2D eigenvalue weighted by Crippen LogP contribution is 2.12. The Kier molecular flexibility index (Phi) is 4.67. The average molecular weight is 374 g/mol. The first kappa shape index (κ1) is 17.6. The maximum absolute atomic E-state index is 12.4. The summed E-state index contributed by atoms with van der Waals surface area (Å²) in [5.41, 5.74) is 1.45. The number of benzene rings is 1. The second kappa shape index (κ2) is 7.43. The summed E-state index contributed by atoms with van der Waals surface area (Å²) in [6.07, 6.45) is 1.65. The van der Waals surface area contributed by atoms with E-state index >= 15 is 0 Å². The molecular formula is C20H18N6O2. The third-order valence-corrected chi connectivity index (χ3v) is 4.38. The Labute approximate surface area is 160 Å². The molecule has 0 atom stereocenters. The second-order valence-electron chi connectivity index (χ2n) is 6.25. The maximum atomic E-state index is 12.4. The van der Waals surface area contributed by atoms with Crippen LogP contribution in [0.5, 0.6) is 0 Å². The lowest BCUT2D eigenvalue weighted by Crippen LogP contribution is -2.32. The summed E-state index contributed by atoms with van der Waals surface area (Å²) in [6, 6.07) is 16.6. The van der Waals surface area contributed by atoms with Gasteiger partial charge in [0.25, 0.3) is 5.91 Å². The van der Waals surface area contributed by atoms with Crippen molar-refractivity contribution >= 4 is 16.8 Å². The quantitative estimate of drug-likeness (QED) is 0.573. The molecule has 0 saturated carbocycles. The molecule has 0 radical (unpaired) electrons. The molecule has 4 rings (SSSR count). The summed E-state index contributed by atoms with van der Waals surface area (Å²) >= 11 is 0. The first-order valence-corrected chi connectivity index (χ1v) is 8.83. The van der Waals surface area contributed by atoms with Crippen LogP contribution in [-0.4, -0.2) is 36.8 Å². The Bertz CT molecular complexity index is 1200. The van der Waals surface area contributed by atoms with Gasteiger partial charge in [-0.15, -0.1) is 5.10 Å². The van der Waals surface area contributed by atoms with Gasteiger partial charge in [0.1, 0.15) is 11.4 Å². The minimum atomic E-state index is -0.292. The molecule has 1 amide bonds. The Morgan fingerprint density at radius 1 is 1.07 bits per heavy atom. The van der Waals surface area contributed by atoms with Gasteiger partial charge in [-0.3, -0.25) is 14.3 Å². The Balaban J connectivity index is 1.45. The SMILES string of the molecule is Cn1c(-c2ccccn2)nn(CCNC(=O)c2ccc3ccccc3n2)c1=O. The van der Waals surface area contributed by atoms with Gasteiger partial charge in [-0.05, 0) is 24.3 Å². The van der Waals surface area contributed by atoms with E-state index in [-0.39, 0.29) is 24.7 Å². The number of rotatable bonds is 5. The number of hydrogen-bond donors (Lipinski definition) is 1. The molecule has 1 N–H and O–H groups in total. The maximum Gasteiger partial charge on any atom is 0.346 e. The van der Waals surface area contributed by atoms with Crippen LogP contribution in [-0.2, 0) is 13.6 Å². The molecule has 1 aromatic carbocycles. The molecule has 0 aliphatic rings. The summed E-state index contributed by atoms with van der Waals surface area (Å²) in [4.78, 5) is 33.3. The molecule has 0 aliphatic heterocycles. The fraction of sp³-hybridized carbons (Fsp3) is 0.150. The number of aromatic nitrogens is 5. The summed E-state index contributed by atoms with van der Waals surface area (Å²) in [5.74, 6) is 0.188. The van der Waals surface area contributed by atoms with Crippen LogP contribution in [0.15, 0.2) is 65.6 Å². The summed E-state index contributed by atoms with van der Waals surface area (Å²) in [7, 11) is 1.65. The largest absolute Gasteiger partial charge is 0.349 e. The molecule has 8 heteroatoms. The van der Waals surface area contributed by atoms with E-state index in [1.165, 1.54) is 9.25 Å². The van der Waals surface area contributed by atoms with Crippen LogP contribution in [0.3, 0.4) is 0 Å². The number of pyridine rings is 2. The molecule has 140 valence electrons. The van der Waals surface area contributed by atoms with Gasteiger partial charge >= 0.3 is 5.69 Å². The summed E-state index contributed by atoms with van der Waals surface area (Å²) in [5, 5.41) is 8.08. The number of amides is 1. The van der Waals surface area contributed by atoms with Gasteiger partial charge < -0.3 is 5.32 Å². The lowest BCUT2D eigenvalue weighted by Gasteiger charge is -2.05. The molecule has 0 spiro atoms. The number of nitrogens with one attached hydrogen (secondary N) is 1. The van der Waals surface area contributed by atoms with Crippen LogP contribution >= 0.6 is 0 Å². The minimum absolute atomic E-state index is 0.249. The molecule has 0 aliphatic carbocycles. The number of fused-ring (bicyclic) bond motifs is 1. The fourth-order valence-corrected chi connectivity index (χ4v) is 2.91. The van der Waals surface area contributed by atoms with Crippen molar-refractivity contribution in [1.82, 2.24) is 29.6 Å². The molecule has 0 bridgehead atoms. The van der Waals surface area contributed by atoms with Crippen molar-refractivity contribution in [2.45, 2.75) is 6.54 Å². The highest BCUT2D eigenvalue weighted by Gasteiger charge is 2.13. The van der Waals surface area contributed by atoms with E-state index in [0.717, 1.165) is 10.9 Å². The topological polar surface area (TPSA) is 94.7 Å². The normalized spacial score (nSPS) is 10.9. The van der Waals surface area contributed by atoms with E-state index in [1.54, 1.807) is 31.4 Å². The van der Waals surface area contributed by atoms with Crippen molar-refractivity contribution < 1.29 is 4.79 Å². The van der Waals surface area contributed by atoms with E-state index < -0.39 is 0 Å². The van der Waals surface area contributed by atoms with Gasteiger partial charge in [-0.1, -0.05) is 30.3 Å². The highest BCUT2D eigenvalue weighted by molar-refractivity contribution is 5.94. The van der Waals surface area contributed by atoms with Crippen LogP contribution < -0.4 is 11.0 Å². The number of nitrogens with zero attached hydrogens (tertiary/aromatic N) is 5. The van der Waals surface area contributed by atoms with Gasteiger partial charge in [-0.25, -0.2) is 14.5 Å². The van der Waals surface area contributed by atoms with Crippen molar-refractivity contribution in [2.75, 3.05) is 6.54 Å². The molecule has 3 heterocycles. The van der Waals surface area contributed by atoms with Gasteiger partial charge in [0, 0.05) is 25.2 Å². The predicted molar refractivity (Wildman–Crippen MR) is 105 cm³/mol. The van der Waals surface area contributed by atoms with E-state index in [0.29, 0.717) is 17.2 Å². The van der Waals surface area contributed by atoms with Crippen molar-refractivity contribution in [3.05, 3.63) is 77.0 Å². The van der Waals surface area contributed by atoms with Crippen molar-refractivity contribution in [2.24, 2.45) is 7.05 Å². The molecule has 8 nitrogen and oxygen atoms in total. The third kappa shape index (κ3) is 3.39. The predicted octanol–water partition coefficient (Wildman–Crippen LogP) is 1.62. The zero-order valence-electron chi connectivity index (χ0n) is 15.2. The van der Waals surface area contributed by atoms with E-state index in [4.69, 9.17) is 0 Å². The zero-order valence-corrected chi connectivity index (χ0v) is 15.2. The minimum Gasteiger partial charge on any atom is -0.349 e. The van der Waals surface area contributed by atoms with Crippen LogP contribution in [0, 0.1) is 0 Å². The number of para-hydroxylation sites is 1. The molecule has 0 unspecified atom stereocenters. The third-order valence-electron chi connectivity index (χ3n) is 4.38. The van der Waals surface area contributed by atoms with E-state index in [2.05, 4.69) is 20.4 Å². The van der Waals surface area contributed by atoms with Crippen LogP contribution in [0.1, 0.15) is 10.5 Å². The number of carbonyl (C=O) groups excluding carboxylic acids is 1. The molecular weight excluding hydrogens is 356 g/mol.